The van der Waals surface area contributed by atoms with Crippen molar-refractivity contribution in [2.24, 2.45) is 0 Å². The summed E-state index contributed by atoms with van der Waals surface area (Å²) in [5, 5.41) is 8.09. The summed E-state index contributed by atoms with van der Waals surface area (Å²) in [5.74, 6) is 0. The maximum absolute atomic E-state index is 6.00. The Bertz CT molecular complexity index is 714. The van der Waals surface area contributed by atoms with Crippen molar-refractivity contribution in [3.63, 3.8) is 0 Å². The van der Waals surface area contributed by atoms with Crippen LogP contribution >= 0.6 is 35.4 Å². The SMILES string of the molecule is Cc1cc(C)c(NC(=S)NCc2ccc(Cl)c(Cl)c2)cc1C. The summed E-state index contributed by atoms with van der Waals surface area (Å²) in [7, 11) is 0. The molecule has 0 saturated carbocycles. The number of rotatable bonds is 3. The van der Waals surface area contributed by atoms with Crippen LogP contribution in [0.4, 0.5) is 5.69 Å². The lowest BCUT2D eigenvalue weighted by Gasteiger charge is -2.14. The maximum Gasteiger partial charge on any atom is 0.171 e. The van der Waals surface area contributed by atoms with Gasteiger partial charge in [-0.3, -0.25) is 0 Å². The van der Waals surface area contributed by atoms with Gasteiger partial charge in [0.25, 0.3) is 0 Å². The molecule has 0 unspecified atom stereocenters. The van der Waals surface area contributed by atoms with Crippen molar-refractivity contribution in [1.82, 2.24) is 5.32 Å². The van der Waals surface area contributed by atoms with Gasteiger partial charge in [0.05, 0.1) is 10.0 Å². The largest absolute Gasteiger partial charge is 0.358 e. The minimum absolute atomic E-state index is 0.546. The first-order valence-electron chi connectivity index (χ1n) is 6.93. The molecule has 0 aliphatic rings. The van der Waals surface area contributed by atoms with E-state index in [9.17, 15) is 0 Å². The molecule has 2 aromatic carbocycles. The number of nitrogens with one attached hydrogen (secondary N) is 2. The zero-order valence-electron chi connectivity index (χ0n) is 12.8. The van der Waals surface area contributed by atoms with Gasteiger partial charge in [0, 0.05) is 12.2 Å². The average Bonchev–Trinajstić information content (AvgIpc) is 2.46. The summed E-state index contributed by atoms with van der Waals surface area (Å²) < 4.78 is 0. The fourth-order valence-corrected chi connectivity index (χ4v) is 2.60. The molecular weight excluding hydrogens is 335 g/mol. The lowest BCUT2D eigenvalue weighted by atomic mass is 10.1. The van der Waals surface area contributed by atoms with E-state index in [1.807, 2.05) is 12.1 Å². The fourth-order valence-electron chi connectivity index (χ4n) is 2.09. The zero-order chi connectivity index (χ0) is 16.3. The molecule has 0 saturated heterocycles. The highest BCUT2D eigenvalue weighted by molar-refractivity contribution is 7.80. The van der Waals surface area contributed by atoms with E-state index in [2.05, 4.69) is 43.5 Å². The first-order valence-corrected chi connectivity index (χ1v) is 8.10. The van der Waals surface area contributed by atoms with Crippen LogP contribution < -0.4 is 10.6 Å². The summed E-state index contributed by atoms with van der Waals surface area (Å²) >= 11 is 17.3. The summed E-state index contributed by atoms with van der Waals surface area (Å²) in [6.07, 6.45) is 0. The van der Waals surface area contributed by atoms with E-state index < -0.39 is 0 Å². The third-order valence-electron chi connectivity index (χ3n) is 3.53. The quantitative estimate of drug-likeness (QED) is 0.722. The Kier molecular flexibility index (Phi) is 5.68. The number of thiocarbonyl (C=S) groups is 1. The van der Waals surface area contributed by atoms with E-state index in [0.29, 0.717) is 21.7 Å². The molecule has 0 heterocycles. The van der Waals surface area contributed by atoms with Gasteiger partial charge < -0.3 is 10.6 Å². The summed E-state index contributed by atoms with van der Waals surface area (Å²) in [6.45, 7) is 6.85. The third-order valence-corrected chi connectivity index (χ3v) is 4.51. The van der Waals surface area contributed by atoms with E-state index >= 15 is 0 Å². The van der Waals surface area contributed by atoms with Gasteiger partial charge in [0.15, 0.2) is 5.11 Å². The molecule has 0 bridgehead atoms. The van der Waals surface area contributed by atoms with E-state index in [1.54, 1.807) is 6.07 Å². The molecule has 0 aliphatic carbocycles. The average molecular weight is 353 g/mol. The van der Waals surface area contributed by atoms with E-state index in [0.717, 1.165) is 11.3 Å². The highest BCUT2D eigenvalue weighted by atomic mass is 35.5. The van der Waals surface area contributed by atoms with Gasteiger partial charge in [-0.1, -0.05) is 35.3 Å². The second-order valence-electron chi connectivity index (χ2n) is 5.31. The molecule has 2 nitrogen and oxygen atoms in total. The lowest BCUT2D eigenvalue weighted by molar-refractivity contribution is 0.925. The van der Waals surface area contributed by atoms with Gasteiger partial charge in [0.1, 0.15) is 0 Å². The van der Waals surface area contributed by atoms with Crippen molar-refractivity contribution in [1.29, 1.82) is 0 Å². The van der Waals surface area contributed by atoms with Crippen molar-refractivity contribution in [3.8, 4) is 0 Å². The molecule has 2 N–H and O–H groups in total. The molecule has 22 heavy (non-hydrogen) atoms. The van der Waals surface area contributed by atoms with Crippen LogP contribution in [0.25, 0.3) is 0 Å². The van der Waals surface area contributed by atoms with Crippen LogP contribution in [-0.4, -0.2) is 5.11 Å². The highest BCUT2D eigenvalue weighted by Gasteiger charge is 2.05. The number of hydrogen-bond acceptors (Lipinski definition) is 1. The molecule has 5 heteroatoms. The predicted octanol–water partition coefficient (Wildman–Crippen LogP) is 5.41. The molecule has 0 aliphatic heterocycles. The minimum Gasteiger partial charge on any atom is -0.358 e. The van der Waals surface area contributed by atoms with Gasteiger partial charge in [0.2, 0.25) is 0 Å². The maximum atomic E-state index is 6.00. The first-order chi connectivity index (χ1) is 10.4. The van der Waals surface area contributed by atoms with Crippen molar-refractivity contribution in [2.45, 2.75) is 27.3 Å². The summed E-state index contributed by atoms with van der Waals surface area (Å²) in [5.41, 5.74) is 5.73. The van der Waals surface area contributed by atoms with Crippen molar-refractivity contribution >= 4 is 46.2 Å². The second kappa shape index (κ2) is 7.32. The molecule has 0 fully saturated rings. The standard InChI is InChI=1S/C17H18Cl2N2S/c1-10-6-12(3)16(7-11(10)2)21-17(22)20-9-13-4-5-14(18)15(19)8-13/h4-8H,9H2,1-3H3,(H2,20,21,22). The molecule has 0 atom stereocenters. The van der Waals surface area contributed by atoms with Gasteiger partial charge >= 0.3 is 0 Å². The highest BCUT2D eigenvalue weighted by Crippen LogP contribution is 2.23. The van der Waals surface area contributed by atoms with Crippen molar-refractivity contribution in [2.75, 3.05) is 5.32 Å². The molecule has 0 spiro atoms. The lowest BCUT2D eigenvalue weighted by Crippen LogP contribution is -2.28. The fraction of sp³-hybridized carbons (Fsp3) is 0.235. The molecule has 116 valence electrons. The first kappa shape index (κ1) is 17.1. The second-order valence-corrected chi connectivity index (χ2v) is 6.53. The molecule has 2 aromatic rings. The van der Waals surface area contributed by atoms with Crippen LogP contribution in [0.2, 0.25) is 10.0 Å². The minimum atomic E-state index is 0.546. The Morgan fingerprint density at radius 2 is 1.64 bits per heavy atom. The number of benzene rings is 2. The molecule has 0 radical (unpaired) electrons. The van der Waals surface area contributed by atoms with Gasteiger partial charge in [-0.25, -0.2) is 0 Å². The van der Waals surface area contributed by atoms with Crippen LogP contribution in [0, 0.1) is 20.8 Å². The monoisotopic (exact) mass is 352 g/mol. The van der Waals surface area contributed by atoms with Crippen LogP contribution in [0.3, 0.4) is 0 Å². The van der Waals surface area contributed by atoms with Crippen molar-refractivity contribution < 1.29 is 0 Å². The van der Waals surface area contributed by atoms with Crippen LogP contribution in [0.15, 0.2) is 30.3 Å². The topological polar surface area (TPSA) is 24.1 Å². The van der Waals surface area contributed by atoms with Gasteiger partial charge in [-0.05, 0) is 73.4 Å². The van der Waals surface area contributed by atoms with Gasteiger partial charge in [-0.15, -0.1) is 0 Å². The smallest absolute Gasteiger partial charge is 0.171 e. The van der Waals surface area contributed by atoms with Crippen molar-refractivity contribution in [3.05, 3.63) is 62.6 Å². The zero-order valence-corrected chi connectivity index (χ0v) is 15.1. The Labute approximate surface area is 146 Å². The molecule has 0 aromatic heterocycles. The van der Waals surface area contributed by atoms with Gasteiger partial charge in [-0.2, -0.15) is 0 Å². The Morgan fingerprint density at radius 3 is 2.32 bits per heavy atom. The van der Waals surface area contributed by atoms with Crippen LogP contribution in [-0.2, 0) is 6.54 Å². The third kappa shape index (κ3) is 4.35. The van der Waals surface area contributed by atoms with E-state index in [-0.39, 0.29) is 0 Å². The molecule has 0 amide bonds. The Morgan fingerprint density at radius 1 is 0.955 bits per heavy atom. The summed E-state index contributed by atoms with van der Waals surface area (Å²) in [6, 6.07) is 9.80. The van der Waals surface area contributed by atoms with Crippen LogP contribution in [0.5, 0.6) is 0 Å². The van der Waals surface area contributed by atoms with Crippen LogP contribution in [0.1, 0.15) is 22.3 Å². The van der Waals surface area contributed by atoms with E-state index in [1.165, 1.54) is 16.7 Å². The van der Waals surface area contributed by atoms with E-state index in [4.69, 9.17) is 35.4 Å². The number of hydrogen-bond donors (Lipinski definition) is 2. The summed E-state index contributed by atoms with van der Waals surface area (Å²) in [4.78, 5) is 0. The predicted molar refractivity (Wildman–Crippen MR) is 100 cm³/mol. The Hall–Kier alpha value is -1.29. The normalized spacial score (nSPS) is 10.4. The number of anilines is 1. The number of halogens is 2. The number of aryl methyl sites for hydroxylation is 3. The molecule has 2 rings (SSSR count). The Balaban J connectivity index is 1.98. The molecular formula is C17H18Cl2N2S.